The van der Waals surface area contributed by atoms with Crippen LogP contribution < -0.4 is 20.1 Å². The number of carbonyl (C=O) groups excluding carboxylic acids is 1. The monoisotopic (exact) mass is 575 g/mol. The fraction of sp³-hybridized carbons (Fsp3) is 0.458. The number of rotatable bonds is 11. The van der Waals surface area contributed by atoms with Crippen molar-refractivity contribution in [3.63, 3.8) is 0 Å². The third-order valence-corrected chi connectivity index (χ3v) is 8.03. The van der Waals surface area contributed by atoms with Gasteiger partial charge in [-0.1, -0.05) is 25.1 Å². The third-order valence-electron chi connectivity index (χ3n) is 6.46. The van der Waals surface area contributed by atoms with Crippen molar-refractivity contribution >= 4 is 30.8 Å². The summed E-state index contributed by atoms with van der Waals surface area (Å²) in [5.41, 5.74) is 4.78. The molecule has 0 spiro atoms. The van der Waals surface area contributed by atoms with Crippen LogP contribution >= 0.6 is 7.75 Å². The first-order chi connectivity index (χ1) is 19.1. The first kappa shape index (κ1) is 29.2. The molecule has 1 fully saturated rings. The molecule has 4 N–H and O–H groups in total. The molecule has 40 heavy (non-hydrogen) atoms. The molecule has 4 rings (SSSR count). The molecule has 214 valence electrons. The Labute approximate surface area is 229 Å². The average Bonchev–Trinajstić information content (AvgIpc) is 3.48. The molecule has 16 heteroatoms. The summed E-state index contributed by atoms with van der Waals surface area (Å²) in [5, 5.41) is 23.9. The molecule has 1 aliphatic rings. The summed E-state index contributed by atoms with van der Waals surface area (Å²) in [6, 6.07) is 9.31. The highest BCUT2D eigenvalue weighted by Gasteiger charge is 2.56. The van der Waals surface area contributed by atoms with E-state index in [1.165, 1.54) is 32.0 Å². The zero-order valence-electron chi connectivity index (χ0n) is 22.3. The molecule has 2 aromatic heterocycles. The quantitative estimate of drug-likeness (QED) is 0.221. The predicted octanol–water partition coefficient (Wildman–Crippen LogP) is 1.95. The summed E-state index contributed by atoms with van der Waals surface area (Å²) >= 11 is 0. The maximum atomic E-state index is 13.8. The van der Waals surface area contributed by atoms with E-state index < -0.39 is 50.2 Å². The summed E-state index contributed by atoms with van der Waals surface area (Å²) in [7, 11) is -1.64. The van der Waals surface area contributed by atoms with Crippen LogP contribution in [0.4, 0.5) is 5.95 Å². The van der Waals surface area contributed by atoms with E-state index in [4.69, 9.17) is 29.0 Å². The number of nitrogens with two attached hydrogens (primary N) is 1. The number of aromatic nitrogens is 4. The van der Waals surface area contributed by atoms with E-state index >= 15 is 0 Å². The molecule has 0 aliphatic carbocycles. The number of anilines is 1. The normalized spacial score (nSPS) is 24.6. The van der Waals surface area contributed by atoms with Crippen LogP contribution in [-0.4, -0.2) is 69.7 Å². The zero-order valence-corrected chi connectivity index (χ0v) is 23.1. The van der Waals surface area contributed by atoms with Gasteiger partial charge in [0.25, 0.3) is 0 Å². The average molecular weight is 576 g/mol. The summed E-state index contributed by atoms with van der Waals surface area (Å²) in [5.74, 6) is -0.424. The minimum Gasteiger partial charge on any atom is -0.479 e. The van der Waals surface area contributed by atoms with E-state index in [0.29, 0.717) is 0 Å². The van der Waals surface area contributed by atoms with Crippen LogP contribution in [0.3, 0.4) is 0 Å². The van der Waals surface area contributed by atoms with Gasteiger partial charge in [0.1, 0.15) is 29.4 Å². The van der Waals surface area contributed by atoms with Crippen LogP contribution in [0.15, 0.2) is 36.7 Å². The highest BCUT2D eigenvalue weighted by Crippen LogP contribution is 2.49. The smallest absolute Gasteiger partial charge is 0.459 e. The Balaban J connectivity index is 1.62. The predicted molar refractivity (Wildman–Crippen MR) is 140 cm³/mol. The van der Waals surface area contributed by atoms with Crippen molar-refractivity contribution in [1.29, 1.82) is 5.26 Å². The molecule has 6 atom stereocenters. The summed E-state index contributed by atoms with van der Waals surface area (Å²) in [6.45, 7) is 2.71. The number of nitrogens with zero attached hydrogens (tertiary/aromatic N) is 5. The number of aliphatic hydroxyl groups excluding tert-OH is 1. The number of imidazole rings is 1. The fourth-order valence-corrected chi connectivity index (χ4v) is 5.86. The third kappa shape index (κ3) is 5.58. The van der Waals surface area contributed by atoms with Crippen molar-refractivity contribution in [2.75, 3.05) is 26.6 Å². The number of methoxy groups -OCH3 is 2. The molecular weight excluding hydrogens is 545 g/mol. The van der Waals surface area contributed by atoms with Gasteiger partial charge in [0.15, 0.2) is 17.4 Å². The number of hydrogen-bond donors (Lipinski definition) is 3. The van der Waals surface area contributed by atoms with E-state index in [2.05, 4.69) is 26.1 Å². The van der Waals surface area contributed by atoms with Crippen LogP contribution in [0.2, 0.25) is 0 Å². The molecule has 0 radical (unpaired) electrons. The summed E-state index contributed by atoms with van der Waals surface area (Å²) in [4.78, 5) is 24.7. The number of hydrogen-bond acceptors (Lipinski definition) is 13. The Morgan fingerprint density at radius 1 is 1.35 bits per heavy atom. The van der Waals surface area contributed by atoms with E-state index in [9.17, 15) is 19.7 Å². The van der Waals surface area contributed by atoms with Gasteiger partial charge in [-0.25, -0.2) is 9.55 Å². The second-order valence-corrected chi connectivity index (χ2v) is 10.8. The number of para-hydroxylation sites is 1. The lowest BCUT2D eigenvalue weighted by atomic mass is 9.84. The Morgan fingerprint density at radius 2 is 2.08 bits per heavy atom. The lowest BCUT2D eigenvalue weighted by molar-refractivity contribution is -0.142. The number of aliphatic hydroxyl groups is 1. The highest BCUT2D eigenvalue weighted by molar-refractivity contribution is 7.52. The van der Waals surface area contributed by atoms with Gasteiger partial charge in [-0.2, -0.15) is 20.3 Å². The van der Waals surface area contributed by atoms with Crippen molar-refractivity contribution in [3.8, 4) is 17.7 Å². The van der Waals surface area contributed by atoms with Crippen molar-refractivity contribution in [2.45, 2.75) is 44.7 Å². The van der Waals surface area contributed by atoms with E-state index in [-0.39, 0.29) is 35.2 Å². The number of benzene rings is 1. The van der Waals surface area contributed by atoms with Gasteiger partial charge >= 0.3 is 13.7 Å². The first-order valence-corrected chi connectivity index (χ1v) is 13.8. The van der Waals surface area contributed by atoms with Gasteiger partial charge in [0, 0.05) is 0 Å². The molecule has 3 aromatic rings. The van der Waals surface area contributed by atoms with Gasteiger partial charge in [-0.3, -0.25) is 13.9 Å². The number of fused-ring (bicyclic) bond motifs is 1. The lowest BCUT2D eigenvalue weighted by Crippen LogP contribution is -2.39. The zero-order chi connectivity index (χ0) is 29.1. The molecule has 1 aliphatic heterocycles. The Morgan fingerprint density at radius 3 is 2.70 bits per heavy atom. The number of nitriles is 1. The summed E-state index contributed by atoms with van der Waals surface area (Å²) in [6.07, 6.45) is -2.08. The molecule has 0 bridgehead atoms. The number of nitrogen functional groups attached to an aromatic ring is 1. The molecule has 1 aromatic carbocycles. The van der Waals surface area contributed by atoms with Gasteiger partial charge in [0.05, 0.1) is 33.2 Å². The number of carbonyl (C=O) groups is 1. The molecule has 1 saturated heterocycles. The molecule has 1 unspecified atom stereocenters. The van der Waals surface area contributed by atoms with Gasteiger partial charge in [-0.05, 0) is 25.5 Å². The minimum atomic E-state index is -4.24. The SMILES string of the molecule is CC[C@H](NP(=O)(OC[C@H]1O[C@@H](n2cnc3c(OC)nc(N)nc32)[C@](C)(C#N)[C@@H]1O)Oc1ccccc1)C(=O)OC. The van der Waals surface area contributed by atoms with Crippen molar-refractivity contribution < 1.29 is 37.7 Å². The van der Waals surface area contributed by atoms with Gasteiger partial charge < -0.3 is 29.6 Å². The van der Waals surface area contributed by atoms with E-state index in [1.54, 1.807) is 37.3 Å². The Bertz CT molecular complexity index is 1450. The molecule has 0 amide bonds. The first-order valence-electron chi connectivity index (χ1n) is 12.2. The number of esters is 1. The number of nitrogens with one attached hydrogen (secondary N) is 1. The Hall–Kier alpha value is -3.80. The molecular formula is C24H30N7O8P. The summed E-state index contributed by atoms with van der Waals surface area (Å²) < 4.78 is 42.7. The standard InChI is InChI=1S/C24H30N7O8P/c1-5-15(21(33)36-4)30-40(34,39-14-9-7-6-8-10-14)37-11-16-18(32)24(2,12-25)22(38-16)31-13-27-17-19(31)28-23(26)29-20(17)35-3/h6-10,13,15-16,18,22,32H,5,11H2,1-4H3,(H,30,34)(H2,26,28,29)/t15-,16+,18+,22+,24+,40?/m0/s1. The highest BCUT2D eigenvalue weighted by atomic mass is 31.2. The number of ether oxygens (including phenoxy) is 3. The van der Waals surface area contributed by atoms with E-state index in [0.717, 1.165) is 0 Å². The second kappa shape index (κ2) is 11.7. The van der Waals surface area contributed by atoms with Gasteiger partial charge in [0.2, 0.25) is 11.8 Å². The van der Waals surface area contributed by atoms with Crippen LogP contribution in [0.1, 0.15) is 26.5 Å². The molecule has 0 saturated carbocycles. The van der Waals surface area contributed by atoms with Crippen molar-refractivity contribution in [1.82, 2.24) is 24.6 Å². The maximum Gasteiger partial charge on any atom is 0.459 e. The van der Waals surface area contributed by atoms with Crippen LogP contribution in [-0.2, 0) is 23.4 Å². The molecule has 15 nitrogen and oxygen atoms in total. The van der Waals surface area contributed by atoms with Gasteiger partial charge in [-0.15, -0.1) is 0 Å². The van der Waals surface area contributed by atoms with Crippen LogP contribution in [0.25, 0.3) is 11.2 Å². The van der Waals surface area contributed by atoms with Crippen LogP contribution in [0.5, 0.6) is 11.6 Å². The minimum absolute atomic E-state index is 0.0932. The maximum absolute atomic E-state index is 13.8. The van der Waals surface area contributed by atoms with Crippen molar-refractivity contribution in [3.05, 3.63) is 36.7 Å². The Kier molecular flexibility index (Phi) is 8.57. The molecule has 3 heterocycles. The second-order valence-electron chi connectivity index (χ2n) is 9.09. The van der Waals surface area contributed by atoms with Crippen LogP contribution in [0, 0.1) is 16.7 Å². The topological polar surface area (TPSA) is 206 Å². The van der Waals surface area contributed by atoms with Crippen molar-refractivity contribution in [2.24, 2.45) is 5.41 Å². The lowest BCUT2D eigenvalue weighted by Gasteiger charge is -2.26. The van der Waals surface area contributed by atoms with E-state index in [1.807, 2.05) is 0 Å². The fourth-order valence-electron chi connectivity index (χ4n) is 4.27. The largest absolute Gasteiger partial charge is 0.479 e.